The topological polar surface area (TPSA) is 73.0 Å². The van der Waals surface area contributed by atoms with Crippen LogP contribution in [0.5, 0.6) is 5.75 Å². The van der Waals surface area contributed by atoms with Gasteiger partial charge in [0.2, 0.25) is 0 Å². The predicted molar refractivity (Wildman–Crippen MR) is 106 cm³/mol. The Morgan fingerprint density at radius 2 is 1.55 bits per heavy atom. The van der Waals surface area contributed by atoms with Gasteiger partial charge in [-0.25, -0.2) is 0 Å². The van der Waals surface area contributed by atoms with Gasteiger partial charge in [0.15, 0.2) is 0 Å². The second kappa shape index (κ2) is 10.4. The van der Waals surface area contributed by atoms with Crippen molar-refractivity contribution in [1.29, 1.82) is 0 Å². The largest absolute Gasteiger partial charge is 0.574 e. The molecule has 0 aliphatic carbocycles. The van der Waals surface area contributed by atoms with Crippen LogP contribution in [-0.4, -0.2) is 20.2 Å². The zero-order valence-corrected chi connectivity index (χ0v) is 20.2. The van der Waals surface area contributed by atoms with E-state index < -0.39 is 0 Å². The minimum absolute atomic E-state index is 0. The third-order valence-corrected chi connectivity index (χ3v) is 4.18. The summed E-state index contributed by atoms with van der Waals surface area (Å²) in [6, 6.07) is 21.1. The van der Waals surface area contributed by atoms with Gasteiger partial charge in [0, 0.05) is 74.8 Å². The zero-order chi connectivity index (χ0) is 18.6. The maximum absolute atomic E-state index is 9.83. The van der Waals surface area contributed by atoms with E-state index in [4.69, 9.17) is 0 Å². The van der Waals surface area contributed by atoms with Crippen LogP contribution < -0.4 is 5.10 Å². The van der Waals surface area contributed by atoms with Crippen LogP contribution in [0.1, 0.15) is 5.69 Å². The fourth-order valence-corrected chi connectivity index (χ4v) is 2.92. The van der Waals surface area contributed by atoms with E-state index in [0.717, 1.165) is 38.8 Å². The molecule has 0 aliphatic rings. The Morgan fingerprint density at radius 3 is 2.28 bits per heavy atom. The van der Waals surface area contributed by atoms with E-state index in [9.17, 15) is 5.11 Å². The maximum Gasteiger partial charge on any atom is 0.125 e. The van der Waals surface area contributed by atoms with Crippen LogP contribution in [0.25, 0.3) is 33.1 Å². The fourth-order valence-electron chi connectivity index (χ4n) is 2.92. The maximum atomic E-state index is 9.83. The van der Waals surface area contributed by atoms with Crippen LogP contribution in [0.2, 0.25) is 0 Å². The number of phenols is 1. The molecule has 2 radical (unpaired) electrons. The van der Waals surface area contributed by atoms with Crippen LogP contribution in [0.4, 0.5) is 0 Å². The molecule has 0 amide bonds. The quantitative estimate of drug-likeness (QED) is 0.257. The Hall–Kier alpha value is -2.43. The molecule has 7 heteroatoms. The smallest absolute Gasteiger partial charge is 0.125 e. The molecular weight excluding hydrogens is 721 g/mol. The molecule has 0 atom stereocenters. The van der Waals surface area contributed by atoms with Crippen molar-refractivity contribution < 1.29 is 45.3 Å². The molecule has 3 heterocycles. The molecule has 29 heavy (non-hydrogen) atoms. The fraction of sp³-hybridized carbons (Fsp3) is 0.0455. The number of nitrogens with zero attached hydrogens (tertiary/aromatic N) is 4. The van der Waals surface area contributed by atoms with Crippen molar-refractivity contribution in [2.75, 3.05) is 0 Å². The molecule has 2 aromatic carbocycles. The Kier molecular flexibility index (Phi) is 8.18. The number of phenolic OH excluding ortho intramolecular Hbond substituents is 1. The molecule has 150 valence electrons. The molecule has 0 unspecified atom stereocenters. The average Bonchev–Trinajstić information content (AvgIpc) is 3.15. The summed E-state index contributed by atoms with van der Waals surface area (Å²) in [5.41, 5.74) is 3.50. The summed E-state index contributed by atoms with van der Waals surface area (Å²) >= 11 is 0. The van der Waals surface area contributed by atoms with Gasteiger partial charge in [-0.3, -0.25) is 9.97 Å². The molecule has 1 N–H and O–H groups in total. The Balaban J connectivity index is 0.000000198. The van der Waals surface area contributed by atoms with E-state index in [-0.39, 0.29) is 46.0 Å². The standard InChI is InChI=1S/C13H9NO.C9H8N3.2Ir/c15-11-5-1-3-9-6-7-10-4-2-8-14-13(10)12(9)11;1-7-6-9(12-11-7)8-4-2-3-5-10-8;;/h1-8,15H;2-6H,1H3;;/q;-1;;. The summed E-state index contributed by atoms with van der Waals surface area (Å²) in [5, 5.41) is 20.6. The molecule has 5 rings (SSSR count). The van der Waals surface area contributed by atoms with E-state index in [1.165, 1.54) is 0 Å². The van der Waals surface area contributed by atoms with Crippen LogP contribution in [0.3, 0.4) is 0 Å². The van der Waals surface area contributed by atoms with E-state index in [0.29, 0.717) is 0 Å². The van der Waals surface area contributed by atoms with Crippen LogP contribution in [-0.2, 0) is 40.2 Å². The second-order valence-electron chi connectivity index (χ2n) is 6.10. The molecule has 5 nitrogen and oxygen atoms in total. The van der Waals surface area contributed by atoms with Crippen LogP contribution in [0.15, 0.2) is 79.1 Å². The number of fused-ring (bicyclic) bond motifs is 3. The Bertz CT molecular complexity index is 1210. The van der Waals surface area contributed by atoms with E-state index >= 15 is 0 Å². The van der Waals surface area contributed by atoms with E-state index in [2.05, 4.69) is 20.2 Å². The molecule has 0 aliphatic heterocycles. The molecule has 0 saturated carbocycles. The summed E-state index contributed by atoms with van der Waals surface area (Å²) in [5.74, 6) is 0.289. The van der Waals surface area contributed by atoms with Gasteiger partial charge in [0.25, 0.3) is 0 Å². The van der Waals surface area contributed by atoms with Gasteiger partial charge in [0.05, 0.1) is 5.52 Å². The minimum atomic E-state index is 0. The van der Waals surface area contributed by atoms with Crippen molar-refractivity contribution in [3.8, 4) is 17.1 Å². The molecule has 3 aromatic heterocycles. The number of benzene rings is 2. The first-order valence-corrected chi connectivity index (χ1v) is 8.56. The zero-order valence-electron chi connectivity index (χ0n) is 15.4. The van der Waals surface area contributed by atoms with Gasteiger partial charge < -0.3 is 15.3 Å². The second-order valence-corrected chi connectivity index (χ2v) is 6.10. The number of pyridine rings is 2. The van der Waals surface area contributed by atoms with Crippen molar-refractivity contribution in [3.05, 3.63) is 84.8 Å². The first-order chi connectivity index (χ1) is 13.2. The van der Waals surface area contributed by atoms with E-state index in [1.807, 2.05) is 67.6 Å². The third-order valence-electron chi connectivity index (χ3n) is 4.18. The van der Waals surface area contributed by atoms with Crippen LogP contribution in [0, 0.1) is 6.92 Å². The van der Waals surface area contributed by atoms with Gasteiger partial charge in [-0.05, 0) is 36.6 Å². The molecule has 5 aromatic rings. The summed E-state index contributed by atoms with van der Waals surface area (Å²) in [4.78, 5) is 8.47. The summed E-state index contributed by atoms with van der Waals surface area (Å²) in [6.45, 7) is 1.92. The van der Waals surface area contributed by atoms with Gasteiger partial charge in [-0.15, -0.1) is 0 Å². The third kappa shape index (κ3) is 5.14. The normalized spacial score (nSPS) is 9.83. The van der Waals surface area contributed by atoms with Crippen molar-refractivity contribution >= 4 is 21.7 Å². The van der Waals surface area contributed by atoms with Gasteiger partial charge in [-0.2, -0.15) is 0 Å². The van der Waals surface area contributed by atoms with Crippen molar-refractivity contribution in [2.24, 2.45) is 0 Å². The minimum Gasteiger partial charge on any atom is -0.574 e. The summed E-state index contributed by atoms with van der Waals surface area (Å²) < 4.78 is 0. The number of aryl methyl sites for hydroxylation is 1. The van der Waals surface area contributed by atoms with Crippen molar-refractivity contribution in [1.82, 2.24) is 20.2 Å². The summed E-state index contributed by atoms with van der Waals surface area (Å²) in [6.07, 6.45) is 3.49. The first kappa shape index (κ1) is 22.9. The van der Waals surface area contributed by atoms with Crippen molar-refractivity contribution in [2.45, 2.75) is 6.92 Å². The van der Waals surface area contributed by atoms with Gasteiger partial charge in [-0.1, -0.05) is 48.2 Å². The molecule has 0 saturated heterocycles. The Labute approximate surface area is 195 Å². The summed E-state index contributed by atoms with van der Waals surface area (Å²) in [7, 11) is 0. The van der Waals surface area contributed by atoms with Gasteiger partial charge >= 0.3 is 0 Å². The molecule has 0 spiro atoms. The predicted octanol–water partition coefficient (Wildman–Crippen LogP) is 4.50. The Morgan fingerprint density at radius 1 is 0.793 bits per heavy atom. The monoisotopic (exact) mass is 739 g/mol. The average molecular weight is 738 g/mol. The number of aromatic hydroxyl groups is 1. The number of rotatable bonds is 1. The number of aromatic nitrogens is 4. The number of hydrogen-bond donors (Lipinski definition) is 1. The molecule has 0 fully saturated rings. The number of hydrogen-bond acceptors (Lipinski definition) is 4. The van der Waals surface area contributed by atoms with Gasteiger partial charge in [0.1, 0.15) is 5.75 Å². The van der Waals surface area contributed by atoms with E-state index in [1.54, 1.807) is 18.5 Å². The SMILES string of the molecule is Cc1cc(-c2ccccn2)[n-]n1.Oc1cccc2ccc3cccnc3c12.[Ir].[Ir]. The molecule has 0 bridgehead atoms. The van der Waals surface area contributed by atoms with Crippen molar-refractivity contribution in [3.63, 3.8) is 0 Å². The molecular formula is C22H17Ir2N4O-. The van der Waals surface area contributed by atoms with Crippen LogP contribution >= 0.6 is 0 Å². The first-order valence-electron chi connectivity index (χ1n) is 8.56.